The fraction of sp³-hybridized carbons (Fsp3) is 0.0667. The van der Waals surface area contributed by atoms with Gasteiger partial charge in [0.15, 0.2) is 0 Å². The lowest BCUT2D eigenvalue weighted by Gasteiger charge is -2.02. The minimum Gasteiger partial charge on any atom is -0.457 e. The zero-order valence-electron chi connectivity index (χ0n) is 12.5. The molecule has 2 heterocycles. The molecule has 0 unspecified atom stereocenters. The Hall–Kier alpha value is -2.10. The van der Waals surface area contributed by atoms with Gasteiger partial charge in [-0.3, -0.25) is 24.6 Å². The largest absolute Gasteiger partial charge is 0.457 e. The second-order valence-corrected chi connectivity index (χ2v) is 7.18. The second kappa shape index (κ2) is 6.66. The van der Waals surface area contributed by atoms with Gasteiger partial charge in [0.1, 0.15) is 16.0 Å². The molecule has 3 rings (SSSR count). The van der Waals surface area contributed by atoms with E-state index in [9.17, 15) is 19.7 Å². The quantitative estimate of drug-likeness (QED) is 0.379. The lowest BCUT2D eigenvalue weighted by atomic mass is 10.1. The number of benzene rings is 1. The van der Waals surface area contributed by atoms with Crippen LogP contribution in [0.15, 0.2) is 38.1 Å². The zero-order chi connectivity index (χ0) is 18.3. The number of imide groups is 1. The van der Waals surface area contributed by atoms with Crippen molar-refractivity contribution in [3.05, 3.63) is 54.5 Å². The monoisotopic (exact) mass is 442 g/mol. The number of hydrogen-bond donors (Lipinski definition) is 0. The molecule has 10 heteroatoms. The second-order valence-electron chi connectivity index (χ2n) is 4.99. The van der Waals surface area contributed by atoms with Gasteiger partial charge in [0.2, 0.25) is 0 Å². The van der Waals surface area contributed by atoms with Gasteiger partial charge in [0.05, 0.1) is 14.9 Å². The molecule has 1 aromatic heterocycles. The number of nitro benzene ring substituents is 1. The molecule has 2 aromatic rings. The molecule has 2 amide bonds. The third kappa shape index (κ3) is 3.35. The third-order valence-corrected chi connectivity index (χ3v) is 5.70. The van der Waals surface area contributed by atoms with Gasteiger partial charge in [-0.2, -0.15) is 0 Å². The van der Waals surface area contributed by atoms with Crippen LogP contribution in [0.1, 0.15) is 5.76 Å². The summed E-state index contributed by atoms with van der Waals surface area (Å²) in [7, 11) is 1.40. The maximum Gasteiger partial charge on any atom is 0.293 e. The number of hydrogen-bond acceptors (Lipinski definition) is 6. The highest BCUT2D eigenvalue weighted by Crippen LogP contribution is 2.38. The van der Waals surface area contributed by atoms with Crippen LogP contribution < -0.4 is 0 Å². The van der Waals surface area contributed by atoms with Crippen LogP contribution in [0.4, 0.5) is 10.5 Å². The Morgan fingerprint density at radius 3 is 2.68 bits per heavy atom. The van der Waals surface area contributed by atoms with Gasteiger partial charge in [-0.05, 0) is 45.9 Å². The Balaban J connectivity index is 1.96. The van der Waals surface area contributed by atoms with Crippen LogP contribution in [0.2, 0.25) is 5.02 Å². The molecule has 0 N–H and O–H groups in total. The van der Waals surface area contributed by atoms with Crippen molar-refractivity contribution >= 4 is 62.2 Å². The van der Waals surface area contributed by atoms with Crippen LogP contribution in [-0.2, 0) is 4.79 Å². The fourth-order valence-electron chi connectivity index (χ4n) is 2.11. The summed E-state index contributed by atoms with van der Waals surface area (Å²) in [5.41, 5.74) is 0.232. The molecule has 0 aliphatic carbocycles. The molecule has 7 nitrogen and oxygen atoms in total. The average molecular weight is 444 g/mol. The van der Waals surface area contributed by atoms with Gasteiger partial charge in [0, 0.05) is 24.8 Å². The van der Waals surface area contributed by atoms with Crippen molar-refractivity contribution in [1.82, 2.24) is 4.90 Å². The van der Waals surface area contributed by atoms with Crippen LogP contribution in [-0.4, -0.2) is 28.0 Å². The van der Waals surface area contributed by atoms with Crippen LogP contribution in [0.3, 0.4) is 0 Å². The SMILES string of the molecule is CN1C(=O)S/C(=C\c2ccc(-c3cc(Cl)c(Br)c([N+](=O)[O-])c3)o2)C1=O. The number of carbonyl (C=O) groups excluding carboxylic acids is 2. The lowest BCUT2D eigenvalue weighted by Crippen LogP contribution is -2.22. The summed E-state index contributed by atoms with van der Waals surface area (Å²) in [5, 5.41) is 10.9. The number of thioether (sulfide) groups is 1. The maximum atomic E-state index is 11.9. The number of nitrogens with zero attached hydrogens (tertiary/aromatic N) is 2. The number of carbonyl (C=O) groups is 2. The number of nitro groups is 1. The molecule has 1 aliphatic rings. The molecule has 1 aliphatic heterocycles. The molecule has 1 aromatic carbocycles. The molecule has 0 saturated carbocycles. The van der Waals surface area contributed by atoms with Crippen LogP contribution in [0.25, 0.3) is 17.4 Å². The van der Waals surface area contributed by atoms with Crippen molar-refractivity contribution in [1.29, 1.82) is 0 Å². The summed E-state index contributed by atoms with van der Waals surface area (Å²) in [5.74, 6) is 0.283. The molecule has 128 valence electrons. The highest BCUT2D eigenvalue weighted by Gasteiger charge is 2.32. The average Bonchev–Trinajstić information content (AvgIpc) is 3.11. The minimum absolute atomic E-state index is 0.175. The Morgan fingerprint density at radius 2 is 2.08 bits per heavy atom. The first kappa shape index (κ1) is 17.7. The van der Waals surface area contributed by atoms with Crippen LogP contribution in [0.5, 0.6) is 0 Å². The molecule has 1 saturated heterocycles. The predicted octanol–water partition coefficient (Wildman–Crippen LogP) is 4.94. The first-order chi connectivity index (χ1) is 11.8. The molecule has 25 heavy (non-hydrogen) atoms. The molecule has 0 spiro atoms. The lowest BCUT2D eigenvalue weighted by molar-refractivity contribution is -0.385. The number of likely N-dealkylation sites (N-methyl/N-ethyl adjacent to an activating group) is 1. The topological polar surface area (TPSA) is 93.7 Å². The van der Waals surface area contributed by atoms with E-state index in [-0.39, 0.29) is 25.3 Å². The molecule has 1 fully saturated rings. The Kier molecular flexibility index (Phi) is 4.72. The van der Waals surface area contributed by atoms with E-state index in [2.05, 4.69) is 15.9 Å². The Morgan fingerprint density at radius 1 is 1.36 bits per heavy atom. The van der Waals surface area contributed by atoms with Crippen molar-refractivity contribution in [2.75, 3.05) is 7.05 Å². The summed E-state index contributed by atoms with van der Waals surface area (Å²) < 4.78 is 5.80. The summed E-state index contributed by atoms with van der Waals surface area (Å²) in [6.45, 7) is 0. The molecule has 0 atom stereocenters. The smallest absolute Gasteiger partial charge is 0.293 e. The van der Waals surface area contributed by atoms with Gasteiger partial charge in [-0.25, -0.2) is 0 Å². The first-order valence-electron chi connectivity index (χ1n) is 6.73. The van der Waals surface area contributed by atoms with E-state index in [1.165, 1.54) is 25.3 Å². The Bertz CT molecular complexity index is 955. The van der Waals surface area contributed by atoms with Crippen molar-refractivity contribution < 1.29 is 18.9 Å². The van der Waals surface area contributed by atoms with E-state index in [0.29, 0.717) is 17.1 Å². The van der Waals surface area contributed by atoms with Gasteiger partial charge in [-0.1, -0.05) is 11.6 Å². The van der Waals surface area contributed by atoms with Crippen molar-refractivity contribution in [3.8, 4) is 11.3 Å². The van der Waals surface area contributed by atoms with Crippen molar-refractivity contribution in [2.24, 2.45) is 0 Å². The van der Waals surface area contributed by atoms with E-state index < -0.39 is 10.8 Å². The summed E-state index contributed by atoms with van der Waals surface area (Å²) in [6.07, 6.45) is 1.45. The number of rotatable bonds is 3. The van der Waals surface area contributed by atoms with Crippen molar-refractivity contribution in [3.63, 3.8) is 0 Å². The number of amides is 2. The number of halogens is 2. The first-order valence-corrected chi connectivity index (χ1v) is 8.72. The zero-order valence-corrected chi connectivity index (χ0v) is 15.6. The van der Waals surface area contributed by atoms with Gasteiger partial charge in [0.25, 0.3) is 16.8 Å². The van der Waals surface area contributed by atoms with Crippen LogP contribution >= 0.6 is 39.3 Å². The molecule has 0 bridgehead atoms. The summed E-state index contributed by atoms with van der Waals surface area (Å²) >= 11 is 9.91. The number of furan rings is 1. The Labute approximate surface area is 158 Å². The third-order valence-electron chi connectivity index (χ3n) is 3.38. The molecular weight excluding hydrogens is 436 g/mol. The summed E-state index contributed by atoms with van der Waals surface area (Å²) in [4.78, 5) is 35.2. The molecule has 0 radical (unpaired) electrons. The van der Waals surface area contributed by atoms with E-state index >= 15 is 0 Å². The van der Waals surface area contributed by atoms with Gasteiger partial charge in [-0.15, -0.1) is 0 Å². The standard InChI is InChI=1S/C15H8BrClN2O5S/c1-18-14(20)12(25-15(18)21)6-8-2-3-11(24-8)7-4-9(17)13(16)10(5-7)19(22)23/h2-6H,1H3/b12-6-. The minimum atomic E-state index is -0.555. The maximum absolute atomic E-state index is 11.9. The summed E-state index contributed by atoms with van der Waals surface area (Å²) in [6, 6.07) is 6.06. The van der Waals surface area contributed by atoms with E-state index in [4.69, 9.17) is 16.0 Å². The van der Waals surface area contributed by atoms with Crippen LogP contribution in [0, 0.1) is 10.1 Å². The highest BCUT2D eigenvalue weighted by molar-refractivity contribution is 9.10. The normalized spacial score (nSPS) is 16.1. The fourth-order valence-corrected chi connectivity index (χ4v) is 3.51. The van der Waals surface area contributed by atoms with E-state index in [1.54, 1.807) is 12.1 Å². The van der Waals surface area contributed by atoms with Gasteiger partial charge >= 0.3 is 0 Å². The molecular formula is C15H8BrClN2O5S. The van der Waals surface area contributed by atoms with Gasteiger partial charge < -0.3 is 4.42 Å². The van der Waals surface area contributed by atoms with E-state index in [1.807, 2.05) is 0 Å². The highest BCUT2D eigenvalue weighted by atomic mass is 79.9. The van der Waals surface area contributed by atoms with E-state index in [0.717, 1.165) is 16.7 Å². The predicted molar refractivity (Wildman–Crippen MR) is 97.2 cm³/mol. The van der Waals surface area contributed by atoms with Crippen molar-refractivity contribution in [2.45, 2.75) is 0 Å².